The Labute approximate surface area is 265 Å². The van der Waals surface area contributed by atoms with Crippen LogP contribution in [0.15, 0.2) is 93.9 Å². The molecule has 0 radical (unpaired) electrons. The minimum absolute atomic E-state index is 0.0103. The van der Waals surface area contributed by atoms with Crippen LogP contribution in [0.5, 0.6) is 0 Å². The van der Waals surface area contributed by atoms with Gasteiger partial charge >= 0.3 is 0 Å². The van der Waals surface area contributed by atoms with Gasteiger partial charge in [-0.2, -0.15) is 0 Å². The molecule has 0 heterocycles. The fraction of sp³-hybridized carbons (Fsp3) is 0.257. The zero-order chi connectivity index (χ0) is 31.2. The molecule has 0 fully saturated rings. The molecule has 0 bridgehead atoms. The van der Waals surface area contributed by atoms with Gasteiger partial charge in [-0.15, -0.1) is 0 Å². The van der Waals surface area contributed by atoms with Gasteiger partial charge in [0.1, 0.15) is 5.82 Å². The predicted octanol–water partition coefficient (Wildman–Crippen LogP) is 10.4. The number of hydrogen-bond donors (Lipinski definition) is 2. The summed E-state index contributed by atoms with van der Waals surface area (Å²) in [6, 6.07) is 25.6. The fourth-order valence-electron chi connectivity index (χ4n) is 4.05. The van der Waals surface area contributed by atoms with Gasteiger partial charge in [0.25, 0.3) is 11.8 Å². The summed E-state index contributed by atoms with van der Waals surface area (Å²) in [5.74, 6) is -1.08. The third-order valence-electron chi connectivity index (χ3n) is 6.66. The summed E-state index contributed by atoms with van der Waals surface area (Å²) in [6.07, 6.45) is 0. The van der Waals surface area contributed by atoms with Crippen LogP contribution in [0.3, 0.4) is 0 Å². The van der Waals surface area contributed by atoms with Crippen LogP contribution in [-0.2, 0) is 10.8 Å². The summed E-state index contributed by atoms with van der Waals surface area (Å²) < 4.78 is 15.3. The first-order chi connectivity index (χ1) is 19.6. The van der Waals surface area contributed by atoms with Gasteiger partial charge in [-0.25, -0.2) is 4.39 Å². The first-order valence-electron chi connectivity index (χ1n) is 13.6. The topological polar surface area (TPSA) is 58.2 Å². The Morgan fingerprint density at radius 3 is 1.60 bits per heavy atom. The molecule has 2 amide bonds. The van der Waals surface area contributed by atoms with Gasteiger partial charge in [-0.1, -0.05) is 104 Å². The molecule has 7 heteroatoms. The quantitative estimate of drug-likeness (QED) is 0.223. The molecule has 4 aromatic rings. The summed E-state index contributed by atoms with van der Waals surface area (Å²) in [4.78, 5) is 24.6. The maximum Gasteiger partial charge on any atom is 0.258 e. The van der Waals surface area contributed by atoms with Gasteiger partial charge in [0.15, 0.2) is 0 Å². The highest BCUT2D eigenvalue weighted by molar-refractivity contribution is 9.10. The van der Waals surface area contributed by atoms with Crippen molar-refractivity contribution in [3.63, 3.8) is 0 Å². The van der Waals surface area contributed by atoms with E-state index in [4.69, 9.17) is 0 Å². The molecule has 0 unspecified atom stereocenters. The van der Waals surface area contributed by atoms with Crippen LogP contribution in [0.1, 0.15) is 78.9 Å². The van der Waals surface area contributed by atoms with Crippen molar-refractivity contribution in [3.8, 4) is 0 Å². The number of rotatable bonds is 4. The molecule has 0 aliphatic heterocycles. The second-order valence-corrected chi connectivity index (χ2v) is 13.9. The third-order valence-corrected chi connectivity index (χ3v) is 8.01. The lowest BCUT2D eigenvalue weighted by Crippen LogP contribution is -2.15. The van der Waals surface area contributed by atoms with Crippen LogP contribution >= 0.6 is 31.9 Å². The van der Waals surface area contributed by atoms with E-state index in [0.717, 1.165) is 21.3 Å². The summed E-state index contributed by atoms with van der Waals surface area (Å²) in [5, 5.41) is 5.72. The molecule has 0 saturated heterocycles. The summed E-state index contributed by atoms with van der Waals surface area (Å²) >= 11 is 6.63. The predicted molar refractivity (Wildman–Crippen MR) is 179 cm³/mol. The largest absolute Gasteiger partial charge is 0.322 e. The monoisotopic (exact) mass is 694 g/mol. The van der Waals surface area contributed by atoms with E-state index in [1.165, 1.54) is 17.7 Å². The van der Waals surface area contributed by atoms with Crippen molar-refractivity contribution in [1.29, 1.82) is 0 Å². The Balaban J connectivity index is 0.000000230. The van der Waals surface area contributed by atoms with Crippen molar-refractivity contribution < 1.29 is 14.0 Å². The lowest BCUT2D eigenvalue weighted by Gasteiger charge is -2.20. The van der Waals surface area contributed by atoms with Crippen molar-refractivity contribution >= 4 is 55.0 Å². The number of carbonyl (C=O) groups is 2. The standard InChI is InChI=1S/C18H20BrNO.C17H17BrFNO/c1-12-15(9-6-10-16(12)19)17(21)20-14-8-5-7-13(11-14)18(2,3)4;1-17(2,3)11-5-4-6-13(9-11)20-16(21)14-8-7-12(18)10-15(14)19/h5-11H,1-4H3,(H,20,21);4-10H,1-3H3,(H,20,21). The van der Waals surface area contributed by atoms with E-state index in [-0.39, 0.29) is 22.3 Å². The maximum absolute atomic E-state index is 13.8. The Kier molecular flexibility index (Phi) is 10.9. The number of carbonyl (C=O) groups excluding carboxylic acids is 2. The fourth-order valence-corrected chi connectivity index (χ4v) is 4.75. The van der Waals surface area contributed by atoms with Crippen LogP contribution < -0.4 is 10.6 Å². The summed E-state index contributed by atoms with van der Waals surface area (Å²) in [5.41, 5.74) is 5.51. The molecule has 4 nitrogen and oxygen atoms in total. The molecule has 0 aromatic heterocycles. The van der Waals surface area contributed by atoms with E-state index in [1.54, 1.807) is 12.1 Å². The molecule has 2 N–H and O–H groups in total. The Bertz CT molecular complexity index is 1590. The van der Waals surface area contributed by atoms with E-state index < -0.39 is 11.7 Å². The number of amides is 2. The molecule has 0 atom stereocenters. The van der Waals surface area contributed by atoms with Gasteiger partial charge < -0.3 is 10.6 Å². The highest BCUT2D eigenvalue weighted by atomic mass is 79.9. The lowest BCUT2D eigenvalue weighted by molar-refractivity contribution is 0.101. The minimum atomic E-state index is -0.547. The molecule has 0 aliphatic rings. The minimum Gasteiger partial charge on any atom is -0.322 e. The average Bonchev–Trinajstić information content (AvgIpc) is 2.90. The molecule has 0 aliphatic carbocycles. The lowest BCUT2D eigenvalue weighted by atomic mass is 9.87. The van der Waals surface area contributed by atoms with Crippen molar-refractivity contribution in [2.24, 2.45) is 0 Å². The highest BCUT2D eigenvalue weighted by Gasteiger charge is 2.17. The van der Waals surface area contributed by atoms with E-state index in [0.29, 0.717) is 15.7 Å². The maximum atomic E-state index is 13.8. The van der Waals surface area contributed by atoms with Crippen LogP contribution in [-0.4, -0.2) is 11.8 Å². The summed E-state index contributed by atoms with van der Waals surface area (Å²) in [7, 11) is 0. The third kappa shape index (κ3) is 9.10. The van der Waals surface area contributed by atoms with Crippen molar-refractivity contribution in [2.45, 2.75) is 59.3 Å². The number of halogens is 3. The Morgan fingerprint density at radius 1 is 0.643 bits per heavy atom. The normalized spacial score (nSPS) is 11.3. The number of benzene rings is 4. The molecular formula is C35H37Br2FN2O2. The van der Waals surface area contributed by atoms with Gasteiger partial charge in [-0.05, 0) is 89.0 Å². The van der Waals surface area contributed by atoms with E-state index in [2.05, 4.69) is 90.1 Å². The van der Waals surface area contributed by atoms with Crippen LogP contribution in [0.2, 0.25) is 0 Å². The van der Waals surface area contributed by atoms with E-state index in [1.807, 2.05) is 61.5 Å². The Morgan fingerprint density at radius 2 is 1.12 bits per heavy atom. The highest BCUT2D eigenvalue weighted by Crippen LogP contribution is 2.27. The van der Waals surface area contributed by atoms with Crippen molar-refractivity contribution in [2.75, 3.05) is 10.6 Å². The first-order valence-corrected chi connectivity index (χ1v) is 15.2. The van der Waals surface area contributed by atoms with Gasteiger partial charge in [0.05, 0.1) is 5.56 Å². The Hall–Kier alpha value is -3.29. The van der Waals surface area contributed by atoms with Crippen LogP contribution in [0.25, 0.3) is 0 Å². The van der Waals surface area contributed by atoms with E-state index >= 15 is 0 Å². The molecule has 220 valence electrons. The number of anilines is 2. The second-order valence-electron chi connectivity index (χ2n) is 12.1. The molecule has 42 heavy (non-hydrogen) atoms. The smallest absolute Gasteiger partial charge is 0.258 e. The van der Waals surface area contributed by atoms with E-state index in [9.17, 15) is 14.0 Å². The SMILES string of the molecule is CC(C)(C)c1cccc(NC(=O)c2ccc(Br)cc2F)c1.Cc1c(Br)cccc1C(=O)Nc1cccc(C(C)(C)C)c1. The van der Waals surface area contributed by atoms with Gasteiger partial charge in [0, 0.05) is 25.9 Å². The van der Waals surface area contributed by atoms with Crippen molar-refractivity contribution in [1.82, 2.24) is 0 Å². The van der Waals surface area contributed by atoms with Gasteiger partial charge in [0.2, 0.25) is 0 Å². The molecule has 0 spiro atoms. The van der Waals surface area contributed by atoms with Gasteiger partial charge in [-0.3, -0.25) is 9.59 Å². The molecule has 0 saturated carbocycles. The zero-order valence-corrected chi connectivity index (χ0v) is 28.2. The first kappa shape index (κ1) is 33.2. The van der Waals surface area contributed by atoms with Crippen LogP contribution in [0.4, 0.5) is 15.8 Å². The second kappa shape index (κ2) is 13.8. The summed E-state index contributed by atoms with van der Waals surface area (Å²) in [6.45, 7) is 14.7. The molecule has 4 rings (SSSR count). The molecule has 4 aromatic carbocycles. The van der Waals surface area contributed by atoms with Crippen LogP contribution in [0, 0.1) is 12.7 Å². The van der Waals surface area contributed by atoms with Crippen molar-refractivity contribution in [3.05, 3.63) is 128 Å². The number of nitrogens with one attached hydrogen (secondary N) is 2. The zero-order valence-electron chi connectivity index (χ0n) is 25.0. The number of hydrogen-bond acceptors (Lipinski definition) is 2. The molecular weight excluding hydrogens is 659 g/mol. The average molecular weight is 696 g/mol.